The normalized spacial score (nSPS) is 16.9. The van der Waals surface area contributed by atoms with Crippen molar-refractivity contribution in [2.45, 2.75) is 70.8 Å². The molecule has 0 fully saturated rings. The summed E-state index contributed by atoms with van der Waals surface area (Å²) >= 11 is 0. The molecular formula is C38H42NO9PS. The van der Waals surface area contributed by atoms with Gasteiger partial charge in [0.2, 0.25) is 5.69 Å². The van der Waals surface area contributed by atoms with Crippen molar-refractivity contribution in [3.63, 3.8) is 0 Å². The van der Waals surface area contributed by atoms with Gasteiger partial charge in [-0.3, -0.25) is 9.05 Å². The molecule has 0 aromatic heterocycles. The molecule has 12 heteroatoms. The summed E-state index contributed by atoms with van der Waals surface area (Å²) in [5.74, 6) is 2.59. The van der Waals surface area contributed by atoms with E-state index in [9.17, 15) is 17.5 Å². The lowest BCUT2D eigenvalue weighted by Gasteiger charge is -2.27. The summed E-state index contributed by atoms with van der Waals surface area (Å²) < 4.78 is 78.9. The number of allylic oxidation sites excluding steroid dienone is 4. The van der Waals surface area contributed by atoms with E-state index in [4.69, 9.17) is 23.0 Å². The van der Waals surface area contributed by atoms with Crippen LogP contribution in [0.4, 0.5) is 5.69 Å². The summed E-state index contributed by atoms with van der Waals surface area (Å²) in [5, 5.41) is 0. The zero-order valence-electron chi connectivity index (χ0n) is 28.9. The molecule has 0 saturated carbocycles. The number of nitrogens with zero attached hydrogens (tertiary/aromatic N) is 1. The first kappa shape index (κ1) is 35.8. The van der Waals surface area contributed by atoms with Crippen LogP contribution in [0.5, 0.6) is 17.2 Å². The molecule has 3 aliphatic rings. The fourth-order valence-corrected chi connectivity index (χ4v) is 8.31. The summed E-state index contributed by atoms with van der Waals surface area (Å²) in [6.07, 6.45) is 9.15. The number of rotatable bonds is 13. The lowest BCUT2D eigenvalue weighted by atomic mass is 9.81. The molecule has 0 atom stereocenters. The summed E-state index contributed by atoms with van der Waals surface area (Å²) in [6.45, 7) is 11.0. The smallest absolute Gasteiger partial charge is 0.530 e. The molecule has 6 rings (SSSR count). The average molecular weight is 720 g/mol. The lowest BCUT2D eigenvalue weighted by Crippen LogP contribution is -2.27. The van der Waals surface area contributed by atoms with Gasteiger partial charge < -0.3 is 18.6 Å². The monoisotopic (exact) mass is 719 g/mol. The second-order valence-corrected chi connectivity index (χ2v) is 15.7. The van der Waals surface area contributed by atoms with Crippen molar-refractivity contribution in [2.75, 3.05) is 19.8 Å². The molecule has 264 valence electrons. The van der Waals surface area contributed by atoms with Gasteiger partial charge in [0.05, 0.1) is 23.5 Å². The van der Waals surface area contributed by atoms with Gasteiger partial charge in [0.15, 0.2) is 5.71 Å². The van der Waals surface area contributed by atoms with Crippen molar-refractivity contribution in [3.05, 3.63) is 106 Å². The molecule has 0 unspecified atom stereocenters. The third kappa shape index (κ3) is 7.38. The highest BCUT2D eigenvalue weighted by molar-refractivity contribution is 7.85. The number of benzene rings is 3. The van der Waals surface area contributed by atoms with Crippen molar-refractivity contribution in [3.8, 4) is 17.2 Å². The third-order valence-electron chi connectivity index (χ3n) is 9.03. The number of hydrogen-bond donors (Lipinski definition) is 0. The Bertz CT molecular complexity index is 2070. The Morgan fingerprint density at radius 1 is 0.940 bits per heavy atom. The second-order valence-electron chi connectivity index (χ2n) is 12.7. The predicted octanol–water partition coefficient (Wildman–Crippen LogP) is 8.60. The highest BCUT2D eigenvalue weighted by atomic mass is 32.2. The topological polar surface area (TPSA) is 123 Å². The highest BCUT2D eigenvalue weighted by Crippen LogP contribution is 2.49. The molecule has 0 saturated heterocycles. The van der Waals surface area contributed by atoms with Gasteiger partial charge in [-0.1, -0.05) is 12.1 Å². The van der Waals surface area contributed by atoms with Crippen molar-refractivity contribution in [1.29, 1.82) is 0 Å². The van der Waals surface area contributed by atoms with Gasteiger partial charge in [-0.2, -0.15) is 4.58 Å². The standard InChI is InChI=1S/C38H42NO9PS/c1-6-39-34-20-19-32(50(41,42)43)24-33(34)38(4,5)36(39)21-15-27-10-9-11-29-22-28-14-18-31(23-35(28)47-37(27)29)44-25-26-12-16-30(17-13-26)48-49(40,45-7-2)46-8-3/h12-24H,6-11,25H2,1-5H3/b21-15+. The second kappa shape index (κ2) is 14.3. The maximum absolute atomic E-state index is 12.7. The van der Waals surface area contributed by atoms with E-state index < -0.39 is 23.4 Å². The summed E-state index contributed by atoms with van der Waals surface area (Å²) in [4.78, 5) is -0.216. The van der Waals surface area contributed by atoms with Crippen LogP contribution in [0.2, 0.25) is 0 Å². The SMILES string of the molecule is CCOP(=O)(OCC)Oc1ccc(COc2ccc3c(c2)OC2=C(/C=C/C4=[N+](CC)c5ccc(S(=O)(=O)[O-])cc5C4(C)C)CCCC2=C3)cc1. The lowest BCUT2D eigenvalue weighted by molar-refractivity contribution is -0.433. The van der Waals surface area contributed by atoms with Crippen LogP contribution in [0.3, 0.4) is 0 Å². The quantitative estimate of drug-likeness (QED) is 0.0971. The van der Waals surface area contributed by atoms with Crippen LogP contribution >= 0.6 is 7.82 Å². The Morgan fingerprint density at radius 3 is 2.34 bits per heavy atom. The minimum Gasteiger partial charge on any atom is -0.744 e. The van der Waals surface area contributed by atoms with Gasteiger partial charge in [0.25, 0.3) is 0 Å². The van der Waals surface area contributed by atoms with E-state index in [1.165, 1.54) is 12.1 Å². The molecule has 3 aromatic rings. The van der Waals surface area contributed by atoms with Gasteiger partial charge in [-0.15, -0.1) is 0 Å². The van der Waals surface area contributed by atoms with Crippen LogP contribution in [-0.4, -0.2) is 43.0 Å². The molecule has 0 spiro atoms. The number of phosphoric acid groups is 1. The Hall–Kier alpha value is -3.99. The Kier molecular flexibility index (Phi) is 10.3. The van der Waals surface area contributed by atoms with Gasteiger partial charge >= 0.3 is 7.82 Å². The van der Waals surface area contributed by atoms with E-state index in [1.807, 2.05) is 44.2 Å². The third-order valence-corrected chi connectivity index (χ3v) is 11.4. The number of fused-ring (bicyclic) bond motifs is 3. The summed E-state index contributed by atoms with van der Waals surface area (Å²) in [6, 6.07) is 17.5. The van der Waals surface area contributed by atoms with Crippen LogP contribution in [0.15, 0.2) is 94.6 Å². The average Bonchev–Trinajstić information content (AvgIpc) is 3.30. The molecule has 10 nitrogen and oxygen atoms in total. The van der Waals surface area contributed by atoms with Crippen molar-refractivity contribution in [2.24, 2.45) is 0 Å². The van der Waals surface area contributed by atoms with Gasteiger partial charge in [-0.05, 0) is 119 Å². The molecule has 0 amide bonds. The van der Waals surface area contributed by atoms with Gasteiger partial charge in [0.1, 0.15) is 46.3 Å². The first-order valence-corrected chi connectivity index (χ1v) is 19.7. The molecule has 50 heavy (non-hydrogen) atoms. The minimum absolute atomic E-state index is 0.202. The van der Waals surface area contributed by atoms with E-state index in [2.05, 4.69) is 29.7 Å². The number of ether oxygens (including phenoxy) is 2. The highest BCUT2D eigenvalue weighted by Gasteiger charge is 2.44. The van der Waals surface area contributed by atoms with E-state index >= 15 is 0 Å². The van der Waals surface area contributed by atoms with Crippen molar-refractivity contribution >= 4 is 35.4 Å². The predicted molar refractivity (Wildman–Crippen MR) is 190 cm³/mol. The van der Waals surface area contributed by atoms with E-state index in [0.717, 1.165) is 64.3 Å². The van der Waals surface area contributed by atoms with Gasteiger partial charge in [-0.25, -0.2) is 13.0 Å². The summed E-state index contributed by atoms with van der Waals surface area (Å²) in [5.41, 5.74) is 6.32. The number of hydrogen-bond acceptors (Lipinski definition) is 9. The van der Waals surface area contributed by atoms with Crippen LogP contribution in [0, 0.1) is 0 Å². The van der Waals surface area contributed by atoms with E-state index in [0.29, 0.717) is 30.4 Å². The minimum atomic E-state index is -4.57. The van der Waals surface area contributed by atoms with Crippen LogP contribution in [0.25, 0.3) is 6.08 Å². The van der Waals surface area contributed by atoms with Crippen LogP contribution < -0.4 is 14.0 Å². The molecule has 0 radical (unpaired) electrons. The van der Waals surface area contributed by atoms with Crippen LogP contribution in [0.1, 0.15) is 70.6 Å². The first-order chi connectivity index (χ1) is 23.8. The fraction of sp³-hybridized carbons (Fsp3) is 0.342. The maximum atomic E-state index is 12.7. The zero-order chi connectivity index (χ0) is 35.7. The largest absolute Gasteiger partial charge is 0.744 e. The van der Waals surface area contributed by atoms with Crippen molar-refractivity contribution in [1.82, 2.24) is 0 Å². The number of phosphoric ester groups is 1. The first-order valence-electron chi connectivity index (χ1n) is 16.8. The molecule has 1 aliphatic carbocycles. The summed E-state index contributed by atoms with van der Waals surface area (Å²) in [7, 11) is -8.25. The Labute approximate surface area is 294 Å². The van der Waals surface area contributed by atoms with Gasteiger partial charge in [0, 0.05) is 29.3 Å². The molecular weight excluding hydrogens is 677 g/mol. The van der Waals surface area contributed by atoms with Crippen LogP contribution in [-0.2, 0) is 35.8 Å². The van der Waals surface area contributed by atoms with E-state index in [-0.39, 0.29) is 18.1 Å². The molecule has 2 heterocycles. The fourth-order valence-electron chi connectivity index (χ4n) is 6.62. The Morgan fingerprint density at radius 2 is 1.66 bits per heavy atom. The molecule has 0 N–H and O–H groups in total. The van der Waals surface area contributed by atoms with E-state index in [1.54, 1.807) is 32.0 Å². The zero-order valence-corrected chi connectivity index (χ0v) is 30.6. The molecule has 3 aromatic carbocycles. The molecule has 2 aliphatic heterocycles. The van der Waals surface area contributed by atoms with Crippen molar-refractivity contribution < 1.29 is 45.2 Å². The Balaban J connectivity index is 1.19. The molecule has 0 bridgehead atoms. The maximum Gasteiger partial charge on any atom is 0.530 e.